The summed E-state index contributed by atoms with van der Waals surface area (Å²) in [5, 5.41) is 3.14. The van der Waals surface area contributed by atoms with Gasteiger partial charge in [0.25, 0.3) is 5.91 Å². The molecule has 3 heteroatoms. The average molecular weight is 259 g/mol. The summed E-state index contributed by atoms with van der Waals surface area (Å²) in [7, 11) is 0. The van der Waals surface area contributed by atoms with Gasteiger partial charge in [0.1, 0.15) is 5.75 Å². The van der Waals surface area contributed by atoms with Crippen LogP contribution in [-0.4, -0.2) is 18.6 Å². The van der Waals surface area contributed by atoms with Gasteiger partial charge in [0.15, 0.2) is 6.61 Å². The molecule has 0 aliphatic heterocycles. The van der Waals surface area contributed by atoms with E-state index in [-0.39, 0.29) is 12.5 Å². The molecule has 0 heterocycles. The van der Waals surface area contributed by atoms with Crippen LogP contribution >= 0.6 is 0 Å². The predicted molar refractivity (Wildman–Crippen MR) is 74.1 cm³/mol. The zero-order valence-electron chi connectivity index (χ0n) is 11.4. The topological polar surface area (TPSA) is 38.3 Å². The van der Waals surface area contributed by atoms with Gasteiger partial charge in [0.05, 0.1) is 0 Å². The van der Waals surface area contributed by atoms with Crippen molar-refractivity contribution >= 4 is 5.91 Å². The fourth-order valence-electron chi connectivity index (χ4n) is 3.53. The van der Waals surface area contributed by atoms with E-state index < -0.39 is 0 Å². The van der Waals surface area contributed by atoms with Gasteiger partial charge < -0.3 is 10.1 Å². The molecule has 0 aromatic heterocycles. The van der Waals surface area contributed by atoms with Gasteiger partial charge in [-0.15, -0.1) is 0 Å². The van der Waals surface area contributed by atoms with Crippen LogP contribution in [0.3, 0.4) is 0 Å². The first kappa shape index (κ1) is 12.5. The zero-order chi connectivity index (χ0) is 13.2. The van der Waals surface area contributed by atoms with Crippen molar-refractivity contribution in [3.8, 4) is 5.75 Å². The molecule has 0 saturated heterocycles. The quantitative estimate of drug-likeness (QED) is 0.902. The van der Waals surface area contributed by atoms with Gasteiger partial charge in [-0.1, -0.05) is 24.6 Å². The second-order valence-electron chi connectivity index (χ2n) is 5.90. The lowest BCUT2D eigenvalue weighted by molar-refractivity contribution is -0.124. The fraction of sp³-hybridized carbons (Fsp3) is 0.562. The molecule has 1 aromatic rings. The molecule has 2 bridgehead atoms. The summed E-state index contributed by atoms with van der Waals surface area (Å²) < 4.78 is 5.58. The molecule has 3 atom stereocenters. The maximum Gasteiger partial charge on any atom is 0.258 e. The van der Waals surface area contributed by atoms with Crippen LogP contribution in [0.25, 0.3) is 0 Å². The van der Waals surface area contributed by atoms with Crippen molar-refractivity contribution in [1.82, 2.24) is 5.32 Å². The molecule has 1 amide bonds. The minimum absolute atomic E-state index is 0.0146. The highest BCUT2D eigenvalue weighted by Crippen LogP contribution is 2.44. The normalized spacial score (nSPS) is 28.4. The Balaban J connectivity index is 1.48. The van der Waals surface area contributed by atoms with Gasteiger partial charge in [-0.25, -0.2) is 0 Å². The van der Waals surface area contributed by atoms with Crippen LogP contribution in [0.15, 0.2) is 24.3 Å². The molecule has 3 rings (SSSR count). The molecule has 0 unspecified atom stereocenters. The van der Waals surface area contributed by atoms with Crippen molar-refractivity contribution in [1.29, 1.82) is 0 Å². The summed E-state index contributed by atoms with van der Waals surface area (Å²) in [5.74, 6) is 2.38. The van der Waals surface area contributed by atoms with E-state index in [0.717, 1.165) is 17.2 Å². The molecule has 0 spiro atoms. The van der Waals surface area contributed by atoms with E-state index >= 15 is 0 Å². The molecule has 3 nitrogen and oxygen atoms in total. The largest absolute Gasteiger partial charge is 0.484 e. The molecular weight excluding hydrogens is 238 g/mol. The summed E-state index contributed by atoms with van der Waals surface area (Å²) in [5.41, 5.74) is 1.07. The second kappa shape index (κ2) is 5.24. The number of ether oxygens (including phenoxy) is 1. The first-order valence-corrected chi connectivity index (χ1v) is 7.20. The van der Waals surface area contributed by atoms with Crippen molar-refractivity contribution in [2.75, 3.05) is 6.61 Å². The number of hydrogen-bond acceptors (Lipinski definition) is 2. The maximum absolute atomic E-state index is 11.9. The van der Waals surface area contributed by atoms with Gasteiger partial charge in [0.2, 0.25) is 0 Å². The Labute approximate surface area is 114 Å². The first-order chi connectivity index (χ1) is 9.22. The van der Waals surface area contributed by atoms with E-state index in [0.29, 0.717) is 12.0 Å². The lowest BCUT2D eigenvalue weighted by Gasteiger charge is -2.22. The van der Waals surface area contributed by atoms with Crippen LogP contribution in [-0.2, 0) is 4.79 Å². The van der Waals surface area contributed by atoms with Crippen LogP contribution < -0.4 is 10.1 Å². The van der Waals surface area contributed by atoms with Gasteiger partial charge >= 0.3 is 0 Å². The number of amides is 1. The van der Waals surface area contributed by atoms with Crippen molar-refractivity contribution in [3.05, 3.63) is 29.8 Å². The Kier molecular flexibility index (Phi) is 3.45. The summed E-state index contributed by atoms with van der Waals surface area (Å²) in [6, 6.07) is 8.18. The highest BCUT2D eigenvalue weighted by molar-refractivity contribution is 5.78. The van der Waals surface area contributed by atoms with E-state index in [1.807, 2.05) is 31.2 Å². The lowest BCUT2D eigenvalue weighted by Crippen LogP contribution is -2.40. The van der Waals surface area contributed by atoms with Crippen molar-refractivity contribution < 1.29 is 9.53 Å². The molecule has 2 saturated carbocycles. The number of fused-ring (bicyclic) bond motifs is 2. The van der Waals surface area contributed by atoms with Crippen molar-refractivity contribution in [3.63, 3.8) is 0 Å². The van der Waals surface area contributed by atoms with Crippen molar-refractivity contribution in [2.45, 2.75) is 38.6 Å². The molecule has 2 fully saturated rings. The highest BCUT2D eigenvalue weighted by atomic mass is 16.5. The summed E-state index contributed by atoms with van der Waals surface area (Å²) in [6.07, 6.45) is 5.12. The van der Waals surface area contributed by atoms with Crippen LogP contribution in [0.5, 0.6) is 5.75 Å². The Morgan fingerprint density at radius 3 is 2.84 bits per heavy atom. The molecule has 2 aliphatic rings. The molecular formula is C16H21NO2. The number of hydrogen-bond donors (Lipinski definition) is 1. The molecule has 2 aliphatic carbocycles. The molecule has 1 N–H and O–H groups in total. The Morgan fingerprint density at radius 1 is 1.32 bits per heavy atom. The third-order valence-electron chi connectivity index (χ3n) is 4.54. The number of carbonyl (C=O) groups excluding carboxylic acids is 1. The van der Waals surface area contributed by atoms with E-state index in [1.54, 1.807) is 0 Å². The SMILES string of the molecule is Cc1ccccc1OCC(=O)N[C@H]1C[C@H]2CC[C@@H]1C2. The van der Waals surface area contributed by atoms with Gasteiger partial charge in [-0.2, -0.15) is 0 Å². The van der Waals surface area contributed by atoms with Crippen LogP contribution in [0, 0.1) is 18.8 Å². The number of aryl methyl sites for hydroxylation is 1. The monoisotopic (exact) mass is 259 g/mol. The minimum atomic E-state index is 0.0146. The van der Waals surface area contributed by atoms with Crippen molar-refractivity contribution in [2.24, 2.45) is 11.8 Å². The van der Waals surface area contributed by atoms with Crippen LogP contribution in [0.4, 0.5) is 0 Å². The number of nitrogens with one attached hydrogen (secondary N) is 1. The maximum atomic E-state index is 11.9. The minimum Gasteiger partial charge on any atom is -0.484 e. The Morgan fingerprint density at radius 2 is 2.16 bits per heavy atom. The first-order valence-electron chi connectivity index (χ1n) is 7.20. The second-order valence-corrected chi connectivity index (χ2v) is 5.90. The average Bonchev–Trinajstić information content (AvgIpc) is 3.00. The van der Waals surface area contributed by atoms with Gasteiger partial charge in [-0.05, 0) is 49.7 Å². The van der Waals surface area contributed by atoms with Crippen LogP contribution in [0.2, 0.25) is 0 Å². The Bertz CT molecular complexity index is 472. The molecule has 1 aromatic carbocycles. The predicted octanol–water partition coefficient (Wildman–Crippen LogP) is 2.68. The van der Waals surface area contributed by atoms with E-state index in [2.05, 4.69) is 5.32 Å². The number of benzene rings is 1. The van der Waals surface area contributed by atoms with E-state index in [4.69, 9.17) is 4.74 Å². The highest BCUT2D eigenvalue weighted by Gasteiger charge is 2.40. The standard InChI is InChI=1S/C16H21NO2/c1-11-4-2-3-5-15(11)19-10-16(18)17-14-9-12-6-7-13(14)8-12/h2-5,12-14H,6-10H2,1H3,(H,17,18)/t12-,13+,14-/m0/s1. The number of para-hydroxylation sites is 1. The summed E-state index contributed by atoms with van der Waals surface area (Å²) in [4.78, 5) is 11.9. The molecule has 19 heavy (non-hydrogen) atoms. The van der Waals surface area contributed by atoms with E-state index in [1.165, 1.54) is 25.7 Å². The molecule has 0 radical (unpaired) electrons. The lowest BCUT2D eigenvalue weighted by atomic mass is 9.95. The van der Waals surface area contributed by atoms with Crippen LogP contribution in [0.1, 0.15) is 31.2 Å². The number of carbonyl (C=O) groups is 1. The smallest absolute Gasteiger partial charge is 0.258 e. The van der Waals surface area contributed by atoms with Gasteiger partial charge in [0, 0.05) is 6.04 Å². The zero-order valence-corrected chi connectivity index (χ0v) is 11.4. The fourth-order valence-corrected chi connectivity index (χ4v) is 3.53. The Hall–Kier alpha value is -1.51. The number of rotatable bonds is 4. The third-order valence-corrected chi connectivity index (χ3v) is 4.54. The molecule has 102 valence electrons. The van der Waals surface area contributed by atoms with Gasteiger partial charge in [-0.3, -0.25) is 4.79 Å². The summed E-state index contributed by atoms with van der Waals surface area (Å²) in [6.45, 7) is 2.11. The third kappa shape index (κ3) is 2.75. The van der Waals surface area contributed by atoms with E-state index in [9.17, 15) is 4.79 Å². The summed E-state index contributed by atoms with van der Waals surface area (Å²) >= 11 is 0.